The highest BCUT2D eigenvalue weighted by atomic mass is 16.3. The van der Waals surface area contributed by atoms with Crippen LogP contribution in [0.25, 0.3) is 0 Å². The molecule has 18 heavy (non-hydrogen) atoms. The molecular weight excluding hydrogens is 230 g/mol. The van der Waals surface area contributed by atoms with Crippen LogP contribution in [0.2, 0.25) is 0 Å². The minimum atomic E-state index is -0.532. The number of aliphatic hydroxyl groups is 1. The second kappa shape index (κ2) is 6.96. The van der Waals surface area contributed by atoms with Crippen LogP contribution in [-0.2, 0) is 4.79 Å². The van der Waals surface area contributed by atoms with Gasteiger partial charge in [0.05, 0.1) is 12.6 Å². The Hall–Kier alpha value is -1.62. The fraction of sp³-hybridized carbons (Fsp3) is 0.538. The summed E-state index contributed by atoms with van der Waals surface area (Å²) in [5.74, 6) is 0.673. The highest BCUT2D eigenvalue weighted by Crippen LogP contribution is 2.18. The van der Waals surface area contributed by atoms with Gasteiger partial charge >= 0.3 is 0 Å². The average molecular weight is 251 g/mol. The van der Waals surface area contributed by atoms with Crippen molar-refractivity contribution < 1.29 is 9.90 Å². The van der Waals surface area contributed by atoms with E-state index in [0.29, 0.717) is 0 Å². The van der Waals surface area contributed by atoms with Gasteiger partial charge in [0.25, 0.3) is 0 Å². The fourth-order valence-electron chi connectivity index (χ4n) is 1.66. The summed E-state index contributed by atoms with van der Waals surface area (Å²) in [6, 6.07) is 3.60. The molecule has 5 heteroatoms. The van der Waals surface area contributed by atoms with Gasteiger partial charge in [-0.25, -0.2) is 4.98 Å². The molecule has 0 saturated carbocycles. The third kappa shape index (κ3) is 4.00. The predicted octanol–water partition coefficient (Wildman–Crippen LogP) is 1.10. The summed E-state index contributed by atoms with van der Waals surface area (Å²) < 4.78 is 0. The summed E-state index contributed by atoms with van der Waals surface area (Å²) in [5, 5.41) is 12.2. The molecule has 0 aromatic carbocycles. The van der Waals surface area contributed by atoms with E-state index in [2.05, 4.69) is 17.2 Å². The maximum atomic E-state index is 11.5. The molecule has 1 atom stereocenters. The molecule has 0 spiro atoms. The van der Waals surface area contributed by atoms with Crippen LogP contribution in [0.15, 0.2) is 18.3 Å². The van der Waals surface area contributed by atoms with Crippen molar-refractivity contribution in [3.63, 3.8) is 0 Å². The minimum Gasteiger partial charge on any atom is -0.389 e. The minimum absolute atomic E-state index is 0.0484. The van der Waals surface area contributed by atoms with Crippen LogP contribution in [0.3, 0.4) is 0 Å². The first-order chi connectivity index (χ1) is 8.58. The van der Waals surface area contributed by atoms with Crippen molar-refractivity contribution >= 4 is 11.7 Å². The maximum absolute atomic E-state index is 11.5. The summed E-state index contributed by atoms with van der Waals surface area (Å²) in [4.78, 5) is 17.6. The van der Waals surface area contributed by atoms with Gasteiger partial charge in [0, 0.05) is 19.8 Å². The smallest absolute Gasteiger partial charge is 0.239 e. The van der Waals surface area contributed by atoms with Crippen molar-refractivity contribution in [3.8, 4) is 0 Å². The van der Waals surface area contributed by atoms with Crippen molar-refractivity contribution in [1.29, 1.82) is 0 Å². The van der Waals surface area contributed by atoms with Crippen molar-refractivity contribution in [2.24, 2.45) is 0 Å². The monoisotopic (exact) mass is 251 g/mol. The SMILES string of the molecule is CCCN(CC(=O)NC)c1cc(C(C)O)ccn1. The molecule has 2 N–H and O–H groups in total. The number of aromatic nitrogens is 1. The molecule has 1 heterocycles. The number of nitrogens with one attached hydrogen (secondary N) is 1. The zero-order chi connectivity index (χ0) is 13.5. The van der Waals surface area contributed by atoms with Crippen molar-refractivity contribution in [2.75, 3.05) is 25.0 Å². The fourth-order valence-corrected chi connectivity index (χ4v) is 1.66. The van der Waals surface area contributed by atoms with E-state index in [-0.39, 0.29) is 12.5 Å². The van der Waals surface area contributed by atoms with E-state index in [1.807, 2.05) is 11.0 Å². The molecule has 1 amide bonds. The topological polar surface area (TPSA) is 65.5 Å². The second-order valence-corrected chi connectivity index (χ2v) is 4.22. The number of hydrogen-bond acceptors (Lipinski definition) is 4. The Labute approximate surface area is 108 Å². The number of likely N-dealkylation sites (N-methyl/N-ethyl adjacent to an activating group) is 1. The summed E-state index contributed by atoms with van der Waals surface area (Å²) in [6.45, 7) is 4.79. The summed E-state index contributed by atoms with van der Waals surface area (Å²) in [5.41, 5.74) is 0.804. The number of pyridine rings is 1. The number of rotatable bonds is 6. The van der Waals surface area contributed by atoms with Gasteiger partial charge in [0.2, 0.25) is 5.91 Å². The maximum Gasteiger partial charge on any atom is 0.239 e. The number of aliphatic hydroxyl groups excluding tert-OH is 1. The second-order valence-electron chi connectivity index (χ2n) is 4.22. The van der Waals surface area contributed by atoms with Gasteiger partial charge in [-0.15, -0.1) is 0 Å². The predicted molar refractivity (Wildman–Crippen MR) is 71.4 cm³/mol. The molecular formula is C13H21N3O2. The van der Waals surface area contributed by atoms with Crippen LogP contribution < -0.4 is 10.2 Å². The molecule has 0 fully saturated rings. The lowest BCUT2D eigenvalue weighted by Gasteiger charge is -2.23. The van der Waals surface area contributed by atoms with Gasteiger partial charge in [-0.1, -0.05) is 6.92 Å². The molecule has 1 aromatic rings. The molecule has 0 saturated heterocycles. The van der Waals surface area contributed by atoms with Gasteiger partial charge in [0.1, 0.15) is 5.82 Å². The van der Waals surface area contributed by atoms with Crippen molar-refractivity contribution in [2.45, 2.75) is 26.4 Å². The standard InChI is InChI=1S/C13H21N3O2/c1-4-7-16(9-13(18)14-3)12-8-11(10(2)17)5-6-15-12/h5-6,8,10,17H,4,7,9H2,1-3H3,(H,14,18). The molecule has 1 unspecified atom stereocenters. The van der Waals surface area contributed by atoms with Gasteiger partial charge in [-0.05, 0) is 31.0 Å². The van der Waals surface area contributed by atoms with E-state index < -0.39 is 6.10 Å². The Morgan fingerprint density at radius 3 is 2.89 bits per heavy atom. The number of anilines is 1. The summed E-state index contributed by atoms with van der Waals surface area (Å²) in [7, 11) is 1.62. The van der Waals surface area contributed by atoms with E-state index in [0.717, 1.165) is 24.3 Å². The first-order valence-electron chi connectivity index (χ1n) is 6.18. The number of amides is 1. The van der Waals surface area contributed by atoms with Crippen LogP contribution in [0.4, 0.5) is 5.82 Å². The Morgan fingerprint density at radius 2 is 2.33 bits per heavy atom. The number of carbonyl (C=O) groups excluding carboxylic acids is 1. The van der Waals surface area contributed by atoms with Crippen molar-refractivity contribution in [3.05, 3.63) is 23.9 Å². The molecule has 1 aromatic heterocycles. The normalized spacial score (nSPS) is 12.0. The van der Waals surface area contributed by atoms with Crippen LogP contribution in [0, 0.1) is 0 Å². The molecule has 5 nitrogen and oxygen atoms in total. The number of carbonyl (C=O) groups is 1. The first-order valence-corrected chi connectivity index (χ1v) is 6.18. The average Bonchev–Trinajstić information content (AvgIpc) is 2.38. The zero-order valence-corrected chi connectivity index (χ0v) is 11.2. The van der Waals surface area contributed by atoms with Crippen LogP contribution in [-0.4, -0.2) is 36.1 Å². The van der Waals surface area contributed by atoms with Gasteiger partial charge < -0.3 is 15.3 Å². The highest BCUT2D eigenvalue weighted by molar-refractivity contribution is 5.80. The van der Waals surface area contributed by atoms with Gasteiger partial charge in [-0.3, -0.25) is 4.79 Å². The highest BCUT2D eigenvalue weighted by Gasteiger charge is 2.12. The Kier molecular flexibility index (Phi) is 5.58. The Morgan fingerprint density at radius 1 is 1.61 bits per heavy atom. The number of nitrogens with zero attached hydrogens (tertiary/aromatic N) is 2. The lowest BCUT2D eigenvalue weighted by Crippen LogP contribution is -2.36. The third-order valence-electron chi connectivity index (χ3n) is 2.68. The van der Waals surface area contributed by atoms with Crippen LogP contribution in [0.1, 0.15) is 31.9 Å². The van der Waals surface area contributed by atoms with E-state index >= 15 is 0 Å². The van der Waals surface area contributed by atoms with E-state index in [4.69, 9.17) is 0 Å². The third-order valence-corrected chi connectivity index (χ3v) is 2.68. The number of hydrogen-bond donors (Lipinski definition) is 2. The molecule has 0 aliphatic carbocycles. The Balaban J connectivity index is 2.90. The largest absolute Gasteiger partial charge is 0.389 e. The summed E-state index contributed by atoms with van der Waals surface area (Å²) >= 11 is 0. The molecule has 100 valence electrons. The van der Waals surface area contributed by atoms with E-state index in [1.165, 1.54) is 0 Å². The van der Waals surface area contributed by atoms with Crippen LogP contribution in [0.5, 0.6) is 0 Å². The molecule has 0 bridgehead atoms. The lowest BCUT2D eigenvalue weighted by atomic mass is 10.1. The molecule has 1 rings (SSSR count). The van der Waals surface area contributed by atoms with Gasteiger partial charge in [0.15, 0.2) is 0 Å². The Bertz CT molecular complexity index is 394. The zero-order valence-electron chi connectivity index (χ0n) is 11.2. The molecule has 0 aliphatic heterocycles. The van der Waals surface area contributed by atoms with Crippen LogP contribution >= 0.6 is 0 Å². The van der Waals surface area contributed by atoms with E-state index in [9.17, 15) is 9.90 Å². The lowest BCUT2D eigenvalue weighted by molar-refractivity contribution is -0.119. The van der Waals surface area contributed by atoms with Gasteiger partial charge in [-0.2, -0.15) is 0 Å². The summed E-state index contributed by atoms with van der Waals surface area (Å²) in [6.07, 6.45) is 2.05. The molecule has 0 radical (unpaired) electrons. The molecule has 0 aliphatic rings. The first kappa shape index (κ1) is 14.4. The van der Waals surface area contributed by atoms with Crippen molar-refractivity contribution in [1.82, 2.24) is 10.3 Å². The van der Waals surface area contributed by atoms with E-state index in [1.54, 1.807) is 26.2 Å². The quantitative estimate of drug-likeness (QED) is 0.794.